The van der Waals surface area contributed by atoms with Crippen molar-refractivity contribution < 1.29 is 4.74 Å². The first-order valence-corrected chi connectivity index (χ1v) is 9.12. The number of likely N-dealkylation sites (tertiary alicyclic amines) is 1. The molecule has 0 amide bonds. The lowest BCUT2D eigenvalue weighted by atomic mass is 9.97. The minimum atomic E-state index is 0.743. The SMILES string of the molecule is CCCN1CCC(CN=C(NCC)NCCCOCC)CC1. The summed E-state index contributed by atoms with van der Waals surface area (Å²) >= 11 is 0. The van der Waals surface area contributed by atoms with Crippen molar-refractivity contribution in [3.05, 3.63) is 0 Å². The summed E-state index contributed by atoms with van der Waals surface area (Å²) in [6, 6.07) is 0. The van der Waals surface area contributed by atoms with Gasteiger partial charge in [0.2, 0.25) is 0 Å². The first-order chi connectivity index (χ1) is 10.8. The third-order valence-electron chi connectivity index (χ3n) is 4.06. The van der Waals surface area contributed by atoms with Crippen molar-refractivity contribution in [3.8, 4) is 0 Å². The van der Waals surface area contributed by atoms with Crippen LogP contribution in [0, 0.1) is 5.92 Å². The van der Waals surface area contributed by atoms with E-state index in [1.54, 1.807) is 0 Å². The van der Waals surface area contributed by atoms with Crippen LogP contribution in [0.2, 0.25) is 0 Å². The van der Waals surface area contributed by atoms with Gasteiger partial charge in [-0.3, -0.25) is 4.99 Å². The lowest BCUT2D eigenvalue weighted by Gasteiger charge is -2.31. The molecule has 5 nitrogen and oxygen atoms in total. The summed E-state index contributed by atoms with van der Waals surface area (Å²) in [6.07, 6.45) is 4.85. The van der Waals surface area contributed by atoms with Gasteiger partial charge in [-0.15, -0.1) is 0 Å². The second-order valence-electron chi connectivity index (χ2n) is 5.98. The molecule has 0 bridgehead atoms. The molecule has 0 aromatic heterocycles. The Bertz CT molecular complexity index is 288. The summed E-state index contributed by atoms with van der Waals surface area (Å²) in [5.41, 5.74) is 0. The van der Waals surface area contributed by atoms with Crippen LogP contribution in [0.25, 0.3) is 0 Å². The number of aliphatic imine (C=N–C) groups is 1. The maximum absolute atomic E-state index is 5.36. The Morgan fingerprint density at radius 3 is 2.59 bits per heavy atom. The number of hydrogen-bond acceptors (Lipinski definition) is 3. The van der Waals surface area contributed by atoms with Gasteiger partial charge in [-0.1, -0.05) is 6.92 Å². The number of nitrogens with zero attached hydrogens (tertiary/aromatic N) is 2. The Morgan fingerprint density at radius 2 is 1.95 bits per heavy atom. The fourth-order valence-corrected chi connectivity index (χ4v) is 2.80. The Hall–Kier alpha value is -0.810. The molecule has 22 heavy (non-hydrogen) atoms. The normalized spacial score (nSPS) is 17.7. The van der Waals surface area contributed by atoms with E-state index in [0.29, 0.717) is 0 Å². The van der Waals surface area contributed by atoms with Crippen LogP contribution in [0.15, 0.2) is 4.99 Å². The quantitative estimate of drug-likeness (QED) is 0.368. The van der Waals surface area contributed by atoms with Crippen molar-refractivity contribution in [1.82, 2.24) is 15.5 Å². The highest BCUT2D eigenvalue weighted by atomic mass is 16.5. The highest BCUT2D eigenvalue weighted by Crippen LogP contribution is 2.17. The third-order valence-corrected chi connectivity index (χ3v) is 4.06. The summed E-state index contributed by atoms with van der Waals surface area (Å²) in [4.78, 5) is 7.34. The van der Waals surface area contributed by atoms with Crippen LogP contribution in [-0.4, -0.2) is 63.3 Å². The number of hydrogen-bond donors (Lipinski definition) is 2. The monoisotopic (exact) mass is 312 g/mol. The van der Waals surface area contributed by atoms with Gasteiger partial charge in [0.15, 0.2) is 5.96 Å². The highest BCUT2D eigenvalue weighted by Gasteiger charge is 2.18. The minimum absolute atomic E-state index is 0.743. The average molecular weight is 313 g/mol. The molecule has 0 aromatic rings. The molecule has 130 valence electrons. The fourth-order valence-electron chi connectivity index (χ4n) is 2.80. The molecule has 0 aliphatic carbocycles. The first kappa shape index (κ1) is 19.2. The van der Waals surface area contributed by atoms with Crippen LogP contribution >= 0.6 is 0 Å². The van der Waals surface area contributed by atoms with E-state index in [4.69, 9.17) is 9.73 Å². The van der Waals surface area contributed by atoms with Gasteiger partial charge in [0.05, 0.1) is 0 Å². The summed E-state index contributed by atoms with van der Waals surface area (Å²) in [5.74, 6) is 1.70. The zero-order valence-corrected chi connectivity index (χ0v) is 14.9. The second kappa shape index (κ2) is 12.7. The standard InChI is InChI=1S/C17H36N4O/c1-4-11-21-12-8-16(9-13-21)15-20-17(18-5-2)19-10-7-14-22-6-3/h16H,4-15H2,1-3H3,(H2,18,19,20). The van der Waals surface area contributed by atoms with Crippen molar-refractivity contribution in [2.45, 2.75) is 46.5 Å². The lowest BCUT2D eigenvalue weighted by molar-refractivity contribution is 0.145. The third kappa shape index (κ3) is 8.59. The van der Waals surface area contributed by atoms with Gasteiger partial charge in [-0.2, -0.15) is 0 Å². The van der Waals surface area contributed by atoms with Crippen LogP contribution < -0.4 is 10.6 Å². The Balaban J connectivity index is 2.24. The maximum atomic E-state index is 5.36. The van der Waals surface area contributed by atoms with Gasteiger partial charge in [0, 0.05) is 32.8 Å². The molecule has 1 saturated heterocycles. The molecule has 0 atom stereocenters. The minimum Gasteiger partial charge on any atom is -0.382 e. The van der Waals surface area contributed by atoms with E-state index in [2.05, 4.69) is 29.4 Å². The average Bonchev–Trinajstić information content (AvgIpc) is 2.54. The highest BCUT2D eigenvalue weighted by molar-refractivity contribution is 5.79. The van der Waals surface area contributed by atoms with Crippen LogP contribution in [0.1, 0.15) is 46.5 Å². The van der Waals surface area contributed by atoms with E-state index in [1.807, 2.05) is 6.92 Å². The molecule has 1 aliphatic heterocycles. The van der Waals surface area contributed by atoms with Gasteiger partial charge < -0.3 is 20.3 Å². The smallest absolute Gasteiger partial charge is 0.191 e. The van der Waals surface area contributed by atoms with Gasteiger partial charge in [0.1, 0.15) is 0 Å². The molecular formula is C17H36N4O. The largest absolute Gasteiger partial charge is 0.382 e. The maximum Gasteiger partial charge on any atom is 0.191 e. The van der Waals surface area contributed by atoms with E-state index in [9.17, 15) is 0 Å². The molecule has 0 aromatic carbocycles. The molecule has 1 heterocycles. The van der Waals surface area contributed by atoms with Crippen molar-refractivity contribution in [2.75, 3.05) is 52.5 Å². The topological polar surface area (TPSA) is 48.9 Å². The zero-order chi connectivity index (χ0) is 16.0. The predicted octanol–water partition coefficient (Wildman–Crippen LogP) is 2.09. The summed E-state index contributed by atoms with van der Waals surface area (Å²) in [5, 5.41) is 6.73. The Labute approximate surface area is 136 Å². The molecule has 0 radical (unpaired) electrons. The number of piperidine rings is 1. The fraction of sp³-hybridized carbons (Fsp3) is 0.941. The first-order valence-electron chi connectivity index (χ1n) is 9.12. The molecule has 0 saturated carbocycles. The van der Waals surface area contributed by atoms with Crippen LogP contribution in [0.5, 0.6) is 0 Å². The van der Waals surface area contributed by atoms with Crippen LogP contribution in [-0.2, 0) is 4.74 Å². The molecular weight excluding hydrogens is 276 g/mol. The zero-order valence-electron chi connectivity index (χ0n) is 14.9. The van der Waals surface area contributed by atoms with Crippen LogP contribution in [0.3, 0.4) is 0 Å². The van der Waals surface area contributed by atoms with Gasteiger partial charge in [-0.25, -0.2) is 0 Å². The molecule has 0 unspecified atom stereocenters. The summed E-state index contributed by atoms with van der Waals surface area (Å²) in [7, 11) is 0. The molecule has 1 aliphatic rings. The summed E-state index contributed by atoms with van der Waals surface area (Å²) in [6.45, 7) is 14.5. The molecule has 5 heteroatoms. The second-order valence-corrected chi connectivity index (χ2v) is 5.98. The molecule has 2 N–H and O–H groups in total. The van der Waals surface area contributed by atoms with Gasteiger partial charge >= 0.3 is 0 Å². The predicted molar refractivity (Wildman–Crippen MR) is 94.5 cm³/mol. The number of guanidine groups is 1. The number of rotatable bonds is 10. The van der Waals surface area contributed by atoms with E-state index in [-0.39, 0.29) is 0 Å². The van der Waals surface area contributed by atoms with Crippen molar-refractivity contribution in [2.24, 2.45) is 10.9 Å². The van der Waals surface area contributed by atoms with Crippen molar-refractivity contribution >= 4 is 5.96 Å². The molecule has 0 spiro atoms. The van der Waals surface area contributed by atoms with Crippen molar-refractivity contribution in [1.29, 1.82) is 0 Å². The summed E-state index contributed by atoms with van der Waals surface area (Å²) < 4.78 is 5.36. The van der Waals surface area contributed by atoms with E-state index < -0.39 is 0 Å². The number of nitrogens with one attached hydrogen (secondary N) is 2. The lowest BCUT2D eigenvalue weighted by Crippen LogP contribution is -2.39. The van der Waals surface area contributed by atoms with E-state index in [1.165, 1.54) is 38.9 Å². The molecule has 1 fully saturated rings. The van der Waals surface area contributed by atoms with Gasteiger partial charge in [-0.05, 0) is 65.1 Å². The molecule has 1 rings (SSSR count). The van der Waals surface area contributed by atoms with Crippen LogP contribution in [0.4, 0.5) is 0 Å². The number of ether oxygens (including phenoxy) is 1. The van der Waals surface area contributed by atoms with E-state index >= 15 is 0 Å². The van der Waals surface area contributed by atoms with Gasteiger partial charge in [0.25, 0.3) is 0 Å². The Kier molecular flexibility index (Phi) is 11.1. The van der Waals surface area contributed by atoms with Crippen molar-refractivity contribution in [3.63, 3.8) is 0 Å². The Morgan fingerprint density at radius 1 is 1.18 bits per heavy atom. The van der Waals surface area contributed by atoms with E-state index in [0.717, 1.165) is 51.1 Å².